The van der Waals surface area contributed by atoms with Crippen molar-refractivity contribution in [3.8, 4) is 0 Å². The monoisotopic (exact) mass is 197 g/mol. The number of hydrogen-bond donors (Lipinski definition) is 1. The number of rotatable bonds is 5. The summed E-state index contributed by atoms with van der Waals surface area (Å²) in [6, 6.07) is 0.763. The molecule has 1 aromatic heterocycles. The van der Waals surface area contributed by atoms with Crippen LogP contribution in [0.2, 0.25) is 0 Å². The number of aromatic nitrogens is 2. The number of nitrogens with zero attached hydrogens (tertiary/aromatic N) is 2. The first kappa shape index (κ1) is 9.09. The van der Waals surface area contributed by atoms with Gasteiger partial charge in [0, 0.05) is 19.0 Å². The summed E-state index contributed by atoms with van der Waals surface area (Å²) in [4.78, 5) is 0. The second-order valence-electron chi connectivity index (χ2n) is 3.49. The minimum atomic E-state index is 0.763. The number of aryl methyl sites for hydroxylation is 1. The molecular formula is C9H15N3S. The van der Waals surface area contributed by atoms with E-state index in [2.05, 4.69) is 22.4 Å². The van der Waals surface area contributed by atoms with Crippen molar-refractivity contribution in [3.63, 3.8) is 0 Å². The van der Waals surface area contributed by atoms with Crippen LogP contribution in [0.5, 0.6) is 0 Å². The predicted molar refractivity (Wildman–Crippen MR) is 53.8 cm³/mol. The Balaban J connectivity index is 1.81. The van der Waals surface area contributed by atoms with Crippen LogP contribution in [-0.4, -0.2) is 16.2 Å². The van der Waals surface area contributed by atoms with Crippen LogP contribution in [0.4, 0.5) is 0 Å². The van der Waals surface area contributed by atoms with Crippen molar-refractivity contribution in [2.75, 3.05) is 0 Å². The van der Waals surface area contributed by atoms with E-state index < -0.39 is 0 Å². The molecule has 0 spiro atoms. The first-order chi connectivity index (χ1) is 6.38. The van der Waals surface area contributed by atoms with Crippen molar-refractivity contribution in [2.45, 2.75) is 45.2 Å². The molecule has 3 nitrogen and oxygen atoms in total. The fourth-order valence-electron chi connectivity index (χ4n) is 1.19. The molecule has 0 amide bonds. The van der Waals surface area contributed by atoms with Crippen LogP contribution < -0.4 is 5.32 Å². The van der Waals surface area contributed by atoms with E-state index in [4.69, 9.17) is 0 Å². The largest absolute Gasteiger partial charge is 0.308 e. The van der Waals surface area contributed by atoms with Crippen LogP contribution in [-0.2, 0) is 13.0 Å². The van der Waals surface area contributed by atoms with Crippen molar-refractivity contribution in [1.29, 1.82) is 0 Å². The summed E-state index contributed by atoms with van der Waals surface area (Å²) in [7, 11) is 0. The second-order valence-corrected chi connectivity index (χ2v) is 4.64. The van der Waals surface area contributed by atoms with E-state index in [9.17, 15) is 0 Å². The second kappa shape index (κ2) is 4.15. The molecule has 1 aliphatic rings. The average Bonchev–Trinajstić information content (AvgIpc) is 2.85. The molecule has 0 aromatic carbocycles. The van der Waals surface area contributed by atoms with E-state index in [0.717, 1.165) is 30.4 Å². The van der Waals surface area contributed by atoms with Crippen molar-refractivity contribution in [2.24, 2.45) is 0 Å². The molecule has 0 aliphatic heterocycles. The van der Waals surface area contributed by atoms with E-state index in [1.807, 2.05) is 0 Å². The van der Waals surface area contributed by atoms with Gasteiger partial charge in [-0.25, -0.2) is 0 Å². The fourth-order valence-corrected chi connectivity index (χ4v) is 2.09. The van der Waals surface area contributed by atoms with Gasteiger partial charge in [-0.2, -0.15) is 0 Å². The summed E-state index contributed by atoms with van der Waals surface area (Å²) in [5, 5.41) is 14.0. The zero-order chi connectivity index (χ0) is 9.10. The fraction of sp³-hybridized carbons (Fsp3) is 0.778. The lowest BCUT2D eigenvalue weighted by atomic mass is 10.4. The van der Waals surface area contributed by atoms with Crippen molar-refractivity contribution >= 4 is 11.3 Å². The molecule has 13 heavy (non-hydrogen) atoms. The maximum Gasteiger partial charge on any atom is 0.131 e. The van der Waals surface area contributed by atoms with E-state index in [-0.39, 0.29) is 0 Å². The minimum absolute atomic E-state index is 0.763. The lowest BCUT2D eigenvalue weighted by molar-refractivity contribution is 0.678. The normalized spacial score (nSPS) is 16.4. The Hall–Kier alpha value is -0.480. The number of hydrogen-bond acceptors (Lipinski definition) is 4. The van der Waals surface area contributed by atoms with Crippen molar-refractivity contribution < 1.29 is 0 Å². The molecule has 4 heteroatoms. The number of nitrogens with one attached hydrogen (secondary N) is 1. The SMILES string of the molecule is CCCc1nnc(CNC2CC2)s1. The smallest absolute Gasteiger partial charge is 0.131 e. The zero-order valence-corrected chi connectivity index (χ0v) is 8.73. The highest BCUT2D eigenvalue weighted by atomic mass is 32.1. The molecule has 0 bridgehead atoms. The molecule has 0 radical (unpaired) electrons. The summed E-state index contributed by atoms with van der Waals surface area (Å²) in [6.07, 6.45) is 4.90. The van der Waals surface area contributed by atoms with Gasteiger partial charge in [-0.1, -0.05) is 6.92 Å². The van der Waals surface area contributed by atoms with Gasteiger partial charge in [0.15, 0.2) is 0 Å². The zero-order valence-electron chi connectivity index (χ0n) is 7.92. The Bertz CT molecular complexity index is 268. The molecule has 1 fully saturated rings. The van der Waals surface area contributed by atoms with E-state index in [0.29, 0.717) is 0 Å². The standard InChI is InChI=1S/C9H15N3S/c1-2-3-8-11-12-9(13-8)6-10-7-4-5-7/h7,10H,2-6H2,1H3. The molecule has 0 unspecified atom stereocenters. The van der Waals surface area contributed by atoms with Gasteiger partial charge in [0.25, 0.3) is 0 Å². The van der Waals surface area contributed by atoms with Gasteiger partial charge < -0.3 is 5.32 Å². The first-order valence-corrected chi connectivity index (χ1v) is 5.74. The summed E-state index contributed by atoms with van der Waals surface area (Å²) in [5.74, 6) is 0. The molecule has 1 N–H and O–H groups in total. The molecule has 0 saturated heterocycles. The highest BCUT2D eigenvalue weighted by Gasteiger charge is 2.20. The van der Waals surface area contributed by atoms with Gasteiger partial charge in [-0.15, -0.1) is 21.5 Å². The molecule has 0 atom stereocenters. The summed E-state index contributed by atoms with van der Waals surface area (Å²) >= 11 is 1.74. The van der Waals surface area contributed by atoms with Crippen LogP contribution in [0.25, 0.3) is 0 Å². The van der Waals surface area contributed by atoms with E-state index in [1.165, 1.54) is 17.8 Å². The third kappa shape index (κ3) is 2.74. The van der Waals surface area contributed by atoms with Crippen molar-refractivity contribution in [3.05, 3.63) is 10.0 Å². The average molecular weight is 197 g/mol. The molecule has 1 heterocycles. The molecule has 1 saturated carbocycles. The predicted octanol–water partition coefficient (Wildman–Crippen LogP) is 1.74. The molecule has 72 valence electrons. The van der Waals surface area contributed by atoms with Gasteiger partial charge in [0.2, 0.25) is 0 Å². The van der Waals surface area contributed by atoms with E-state index in [1.54, 1.807) is 11.3 Å². The Kier molecular flexibility index (Phi) is 2.90. The van der Waals surface area contributed by atoms with Crippen molar-refractivity contribution in [1.82, 2.24) is 15.5 Å². The minimum Gasteiger partial charge on any atom is -0.308 e. The van der Waals surface area contributed by atoms with Gasteiger partial charge in [-0.05, 0) is 19.3 Å². The third-order valence-electron chi connectivity index (χ3n) is 2.09. The molecule has 1 aromatic rings. The highest BCUT2D eigenvalue weighted by Crippen LogP contribution is 2.20. The third-order valence-corrected chi connectivity index (χ3v) is 3.07. The van der Waals surface area contributed by atoms with Gasteiger partial charge in [0.1, 0.15) is 10.0 Å². The van der Waals surface area contributed by atoms with Gasteiger partial charge in [0.05, 0.1) is 0 Å². The lowest BCUT2D eigenvalue weighted by Crippen LogP contribution is -2.14. The maximum atomic E-state index is 4.14. The Labute approximate surface area is 82.6 Å². The molecular weight excluding hydrogens is 182 g/mol. The maximum absolute atomic E-state index is 4.14. The quantitative estimate of drug-likeness (QED) is 0.781. The molecule has 2 rings (SSSR count). The van der Waals surface area contributed by atoms with Crippen LogP contribution >= 0.6 is 11.3 Å². The Morgan fingerprint density at radius 1 is 1.38 bits per heavy atom. The summed E-state index contributed by atoms with van der Waals surface area (Å²) < 4.78 is 0. The van der Waals surface area contributed by atoms with Crippen LogP contribution in [0.15, 0.2) is 0 Å². The highest BCUT2D eigenvalue weighted by molar-refractivity contribution is 7.11. The first-order valence-electron chi connectivity index (χ1n) is 4.93. The van der Waals surface area contributed by atoms with Crippen LogP contribution in [0, 0.1) is 0 Å². The van der Waals surface area contributed by atoms with Crippen LogP contribution in [0.1, 0.15) is 36.2 Å². The summed E-state index contributed by atoms with van der Waals surface area (Å²) in [6.45, 7) is 3.08. The molecule has 1 aliphatic carbocycles. The lowest BCUT2D eigenvalue weighted by Gasteiger charge is -1.95. The van der Waals surface area contributed by atoms with Gasteiger partial charge in [-0.3, -0.25) is 0 Å². The topological polar surface area (TPSA) is 37.8 Å². The Morgan fingerprint density at radius 2 is 2.15 bits per heavy atom. The van der Waals surface area contributed by atoms with Crippen LogP contribution in [0.3, 0.4) is 0 Å². The van der Waals surface area contributed by atoms with Gasteiger partial charge >= 0.3 is 0 Å². The summed E-state index contributed by atoms with van der Waals surface area (Å²) in [5.41, 5.74) is 0. The van der Waals surface area contributed by atoms with E-state index >= 15 is 0 Å². The Morgan fingerprint density at radius 3 is 2.85 bits per heavy atom.